The third-order valence-corrected chi connectivity index (χ3v) is 6.10. The molecule has 0 spiro atoms. The first kappa shape index (κ1) is 25.4. The molecule has 0 aromatic heterocycles. The number of hydrogen-bond donors (Lipinski definition) is 2. The lowest BCUT2D eigenvalue weighted by molar-refractivity contribution is 0.611. The largest absolute Gasteiger partial charge is 0.324 e. The molecule has 0 bridgehead atoms. The second-order valence-corrected chi connectivity index (χ2v) is 8.79. The van der Waals surface area contributed by atoms with E-state index in [0.717, 1.165) is 38.5 Å². The molecule has 2 nitrogen and oxygen atoms in total. The molecule has 0 radical (unpaired) electrons. The number of aryl methyl sites for hydroxylation is 2. The molecule has 0 fully saturated rings. The van der Waals surface area contributed by atoms with Gasteiger partial charge in [-0.2, -0.15) is 0 Å². The maximum Gasteiger partial charge on any atom is 0.0294 e. The number of hydrogen-bond acceptors (Lipinski definition) is 2. The topological polar surface area (TPSA) is 52.0 Å². The predicted molar refractivity (Wildman–Crippen MR) is 146 cm³/mol. The molecule has 0 aliphatic carbocycles. The van der Waals surface area contributed by atoms with Crippen molar-refractivity contribution in [1.82, 2.24) is 0 Å². The standard InChI is InChI=1S/2C16H19N/c2*17-16(15-11-5-2-6-12-15)13-7-10-14-8-3-1-4-9-14/h2*1-6,8-9,11-12,16H,7,10,13,17H2/t16-;/m0./s1. The summed E-state index contributed by atoms with van der Waals surface area (Å²) < 4.78 is 0. The Balaban J connectivity index is 0.000000191. The van der Waals surface area contributed by atoms with E-state index in [2.05, 4.69) is 84.9 Å². The molecule has 4 aromatic rings. The summed E-state index contributed by atoms with van der Waals surface area (Å²) in [4.78, 5) is 0. The second kappa shape index (κ2) is 14.8. The summed E-state index contributed by atoms with van der Waals surface area (Å²) in [5.74, 6) is 0. The van der Waals surface area contributed by atoms with Crippen molar-refractivity contribution in [3.05, 3.63) is 144 Å². The van der Waals surface area contributed by atoms with Gasteiger partial charge in [0.25, 0.3) is 0 Å². The molecule has 1 unspecified atom stereocenters. The van der Waals surface area contributed by atoms with Crippen LogP contribution in [0.3, 0.4) is 0 Å². The van der Waals surface area contributed by atoms with Gasteiger partial charge in [0.2, 0.25) is 0 Å². The van der Waals surface area contributed by atoms with Crippen molar-refractivity contribution in [3.63, 3.8) is 0 Å². The first-order valence-corrected chi connectivity index (χ1v) is 12.4. The van der Waals surface area contributed by atoms with E-state index < -0.39 is 0 Å². The molecule has 2 heteroatoms. The van der Waals surface area contributed by atoms with Gasteiger partial charge in [-0.15, -0.1) is 0 Å². The van der Waals surface area contributed by atoms with Gasteiger partial charge in [0.05, 0.1) is 0 Å². The third-order valence-electron chi connectivity index (χ3n) is 6.10. The smallest absolute Gasteiger partial charge is 0.0294 e. The van der Waals surface area contributed by atoms with Crippen LogP contribution in [0, 0.1) is 0 Å². The molecular formula is C32H38N2. The van der Waals surface area contributed by atoms with E-state index in [9.17, 15) is 0 Å². The summed E-state index contributed by atoms with van der Waals surface area (Å²) in [5, 5.41) is 0. The highest BCUT2D eigenvalue weighted by Crippen LogP contribution is 2.18. The monoisotopic (exact) mass is 450 g/mol. The van der Waals surface area contributed by atoms with Gasteiger partial charge in [-0.05, 0) is 60.8 Å². The SMILES string of the molecule is NC(CCCc1ccccc1)c1ccccc1.N[C@@H](CCCc1ccccc1)c1ccccc1. The van der Waals surface area contributed by atoms with Crippen LogP contribution in [0.2, 0.25) is 0 Å². The predicted octanol–water partition coefficient (Wildman–Crippen LogP) is 7.42. The van der Waals surface area contributed by atoms with Crippen LogP contribution in [-0.4, -0.2) is 0 Å². The Morgan fingerprint density at radius 3 is 1.03 bits per heavy atom. The van der Waals surface area contributed by atoms with Crippen LogP contribution < -0.4 is 11.5 Å². The van der Waals surface area contributed by atoms with E-state index in [0.29, 0.717) is 0 Å². The fourth-order valence-corrected chi connectivity index (χ4v) is 4.08. The molecule has 0 aliphatic heterocycles. The van der Waals surface area contributed by atoms with Crippen molar-refractivity contribution in [2.75, 3.05) is 0 Å². The van der Waals surface area contributed by atoms with E-state index in [1.807, 2.05) is 36.4 Å². The Kier molecular flexibility index (Phi) is 11.1. The Morgan fingerprint density at radius 2 is 0.706 bits per heavy atom. The third kappa shape index (κ3) is 9.35. The molecule has 0 amide bonds. The number of benzene rings is 4. The lowest BCUT2D eigenvalue weighted by Crippen LogP contribution is -2.10. The van der Waals surface area contributed by atoms with Crippen LogP contribution in [0.4, 0.5) is 0 Å². The van der Waals surface area contributed by atoms with Crippen LogP contribution in [0.15, 0.2) is 121 Å². The van der Waals surface area contributed by atoms with Gasteiger partial charge < -0.3 is 11.5 Å². The normalized spacial score (nSPS) is 12.3. The molecule has 176 valence electrons. The lowest BCUT2D eigenvalue weighted by atomic mass is 10.00. The number of rotatable bonds is 10. The fraction of sp³-hybridized carbons (Fsp3) is 0.250. The Morgan fingerprint density at radius 1 is 0.412 bits per heavy atom. The van der Waals surface area contributed by atoms with E-state index >= 15 is 0 Å². The van der Waals surface area contributed by atoms with Crippen molar-refractivity contribution >= 4 is 0 Å². The molecule has 34 heavy (non-hydrogen) atoms. The van der Waals surface area contributed by atoms with Gasteiger partial charge in [0, 0.05) is 12.1 Å². The summed E-state index contributed by atoms with van der Waals surface area (Å²) in [6, 6.07) is 42.2. The summed E-state index contributed by atoms with van der Waals surface area (Å²) >= 11 is 0. The maximum absolute atomic E-state index is 6.16. The Labute approximate surface area is 205 Å². The second-order valence-electron chi connectivity index (χ2n) is 8.79. The quantitative estimate of drug-likeness (QED) is 0.264. The maximum atomic E-state index is 6.16. The van der Waals surface area contributed by atoms with Gasteiger partial charge in [0.1, 0.15) is 0 Å². The summed E-state index contributed by atoms with van der Waals surface area (Å²) in [6.45, 7) is 0. The number of nitrogens with two attached hydrogens (primary N) is 2. The fourth-order valence-electron chi connectivity index (χ4n) is 4.08. The Bertz CT molecular complexity index is 931. The van der Waals surface area contributed by atoms with Gasteiger partial charge in [-0.25, -0.2) is 0 Å². The highest BCUT2D eigenvalue weighted by Gasteiger charge is 2.05. The average molecular weight is 451 g/mol. The molecule has 0 saturated heterocycles. The van der Waals surface area contributed by atoms with E-state index in [1.54, 1.807) is 0 Å². The minimum atomic E-state index is 0.167. The zero-order chi connectivity index (χ0) is 23.8. The molecule has 4 rings (SSSR count). The van der Waals surface area contributed by atoms with E-state index in [-0.39, 0.29) is 12.1 Å². The van der Waals surface area contributed by atoms with Crippen LogP contribution in [0.5, 0.6) is 0 Å². The molecule has 4 N–H and O–H groups in total. The van der Waals surface area contributed by atoms with Crippen molar-refractivity contribution in [2.24, 2.45) is 11.5 Å². The van der Waals surface area contributed by atoms with Gasteiger partial charge in [-0.1, -0.05) is 121 Å². The zero-order valence-electron chi connectivity index (χ0n) is 20.1. The average Bonchev–Trinajstić information content (AvgIpc) is 2.91. The first-order valence-electron chi connectivity index (χ1n) is 12.4. The van der Waals surface area contributed by atoms with Crippen LogP contribution in [-0.2, 0) is 12.8 Å². The highest BCUT2D eigenvalue weighted by molar-refractivity contribution is 5.20. The van der Waals surface area contributed by atoms with Gasteiger partial charge >= 0.3 is 0 Å². The highest BCUT2D eigenvalue weighted by atomic mass is 14.6. The molecule has 0 heterocycles. The lowest BCUT2D eigenvalue weighted by Gasteiger charge is -2.11. The van der Waals surface area contributed by atoms with Crippen molar-refractivity contribution < 1.29 is 0 Å². The molecular weight excluding hydrogens is 412 g/mol. The van der Waals surface area contributed by atoms with Crippen LogP contribution in [0.1, 0.15) is 60.0 Å². The van der Waals surface area contributed by atoms with Crippen molar-refractivity contribution in [1.29, 1.82) is 0 Å². The Hall–Kier alpha value is -3.20. The molecule has 4 aromatic carbocycles. The first-order chi connectivity index (χ1) is 16.7. The summed E-state index contributed by atoms with van der Waals surface area (Å²) in [5.41, 5.74) is 17.6. The van der Waals surface area contributed by atoms with Crippen LogP contribution in [0.25, 0.3) is 0 Å². The molecule has 2 atom stereocenters. The minimum Gasteiger partial charge on any atom is -0.324 e. The summed E-state index contributed by atoms with van der Waals surface area (Å²) in [7, 11) is 0. The zero-order valence-corrected chi connectivity index (χ0v) is 20.1. The summed E-state index contributed by atoms with van der Waals surface area (Å²) in [6.07, 6.45) is 6.58. The molecule has 0 saturated carbocycles. The van der Waals surface area contributed by atoms with E-state index in [4.69, 9.17) is 11.5 Å². The van der Waals surface area contributed by atoms with Crippen molar-refractivity contribution in [2.45, 2.75) is 50.6 Å². The van der Waals surface area contributed by atoms with Gasteiger partial charge in [0.15, 0.2) is 0 Å². The van der Waals surface area contributed by atoms with Crippen molar-refractivity contribution in [3.8, 4) is 0 Å². The minimum absolute atomic E-state index is 0.167. The van der Waals surface area contributed by atoms with E-state index in [1.165, 1.54) is 22.3 Å². The van der Waals surface area contributed by atoms with Gasteiger partial charge in [-0.3, -0.25) is 0 Å². The van der Waals surface area contributed by atoms with Crippen LogP contribution >= 0.6 is 0 Å². The molecule has 0 aliphatic rings.